The molecule has 0 amide bonds. The lowest BCUT2D eigenvalue weighted by atomic mass is 10.1. The van der Waals surface area contributed by atoms with Crippen molar-refractivity contribution in [3.8, 4) is 11.5 Å². The van der Waals surface area contributed by atoms with Crippen molar-refractivity contribution in [2.45, 2.75) is 6.42 Å². The van der Waals surface area contributed by atoms with Gasteiger partial charge in [0.15, 0.2) is 5.96 Å². The summed E-state index contributed by atoms with van der Waals surface area (Å²) in [6.45, 7) is 2.72. The van der Waals surface area contributed by atoms with Crippen molar-refractivity contribution in [1.29, 1.82) is 0 Å². The maximum atomic E-state index is 6.09. The molecular formula is C20H26BrIN4O2. The first-order valence-electron chi connectivity index (χ1n) is 8.88. The Balaban J connectivity index is 0.00000280. The monoisotopic (exact) mass is 560 g/mol. The first-order chi connectivity index (χ1) is 13.1. The Bertz CT molecular complexity index is 801. The summed E-state index contributed by atoms with van der Waals surface area (Å²) in [5.74, 6) is 2.29. The van der Waals surface area contributed by atoms with E-state index in [2.05, 4.69) is 55.4 Å². The molecule has 0 spiro atoms. The largest absolute Gasteiger partial charge is 0.497 e. The number of halogens is 2. The Morgan fingerprint density at radius 1 is 1.21 bits per heavy atom. The van der Waals surface area contributed by atoms with Crippen LogP contribution in [0.1, 0.15) is 6.42 Å². The summed E-state index contributed by atoms with van der Waals surface area (Å²) in [6, 6.07) is 13.9. The van der Waals surface area contributed by atoms with Crippen molar-refractivity contribution in [2.75, 3.05) is 44.1 Å². The van der Waals surface area contributed by atoms with Crippen LogP contribution in [0.25, 0.3) is 0 Å². The van der Waals surface area contributed by atoms with Gasteiger partial charge in [0.25, 0.3) is 0 Å². The van der Waals surface area contributed by atoms with E-state index in [1.165, 1.54) is 5.69 Å². The van der Waals surface area contributed by atoms with Crippen LogP contribution in [0.5, 0.6) is 11.5 Å². The molecule has 28 heavy (non-hydrogen) atoms. The second kappa shape index (κ2) is 10.8. The number of benzene rings is 2. The van der Waals surface area contributed by atoms with Gasteiger partial charge in [-0.15, -0.1) is 24.0 Å². The van der Waals surface area contributed by atoms with E-state index in [0.29, 0.717) is 24.2 Å². The first kappa shape index (κ1) is 22.6. The van der Waals surface area contributed by atoms with E-state index in [4.69, 9.17) is 15.2 Å². The van der Waals surface area contributed by atoms with E-state index in [1.807, 2.05) is 18.2 Å². The van der Waals surface area contributed by atoms with Crippen LogP contribution in [0.15, 0.2) is 51.9 Å². The maximum absolute atomic E-state index is 6.09. The van der Waals surface area contributed by atoms with Crippen molar-refractivity contribution in [3.05, 3.63) is 46.9 Å². The predicted molar refractivity (Wildman–Crippen MR) is 130 cm³/mol. The molecule has 1 unspecified atom stereocenters. The Hall–Kier alpha value is -1.68. The molecule has 8 heteroatoms. The van der Waals surface area contributed by atoms with Gasteiger partial charge >= 0.3 is 0 Å². The topological polar surface area (TPSA) is 72.1 Å². The van der Waals surface area contributed by atoms with E-state index in [0.717, 1.165) is 35.4 Å². The van der Waals surface area contributed by atoms with Crippen LogP contribution in [0.4, 0.5) is 11.4 Å². The molecule has 152 valence electrons. The summed E-state index contributed by atoms with van der Waals surface area (Å²) in [5, 5.41) is 3.11. The molecule has 1 aliphatic rings. The highest BCUT2D eigenvalue weighted by Crippen LogP contribution is 2.29. The number of nitrogens with one attached hydrogen (secondary N) is 1. The van der Waals surface area contributed by atoms with Crippen LogP contribution in [0, 0.1) is 5.92 Å². The van der Waals surface area contributed by atoms with Gasteiger partial charge in [0.05, 0.1) is 19.9 Å². The van der Waals surface area contributed by atoms with Crippen molar-refractivity contribution in [3.63, 3.8) is 0 Å². The van der Waals surface area contributed by atoms with Gasteiger partial charge in [0.1, 0.15) is 11.5 Å². The van der Waals surface area contributed by atoms with E-state index in [9.17, 15) is 0 Å². The Labute approximate surface area is 191 Å². The third-order valence-electron chi connectivity index (χ3n) is 4.67. The Morgan fingerprint density at radius 3 is 2.64 bits per heavy atom. The highest BCUT2D eigenvalue weighted by atomic mass is 127. The molecule has 3 N–H and O–H groups in total. The molecule has 0 saturated carbocycles. The summed E-state index contributed by atoms with van der Waals surface area (Å²) in [6.07, 6.45) is 1.11. The number of hydrogen-bond acceptors (Lipinski definition) is 4. The number of nitrogens with two attached hydrogens (primary N) is 1. The molecule has 0 aromatic heterocycles. The average molecular weight is 561 g/mol. The fraction of sp³-hybridized carbons (Fsp3) is 0.350. The maximum Gasteiger partial charge on any atom is 0.193 e. The third-order valence-corrected chi connectivity index (χ3v) is 5.20. The standard InChI is InChI=1S/C20H25BrN4O2.HI/c1-26-17-7-8-19(27-2)18(11-17)24-20(22)23-12-14-9-10-25(13-14)16-5-3-15(21)4-6-16;/h3-8,11,14H,9-10,12-13H2,1-2H3,(H3,22,23,24);1H. The number of methoxy groups -OCH3 is 2. The second-order valence-electron chi connectivity index (χ2n) is 6.49. The third kappa shape index (κ3) is 5.91. The highest BCUT2D eigenvalue weighted by Gasteiger charge is 2.22. The van der Waals surface area contributed by atoms with Gasteiger partial charge in [-0.1, -0.05) is 15.9 Å². The first-order valence-corrected chi connectivity index (χ1v) is 9.68. The number of ether oxygens (including phenoxy) is 2. The summed E-state index contributed by atoms with van der Waals surface area (Å²) >= 11 is 3.48. The molecule has 2 aromatic rings. The van der Waals surface area contributed by atoms with E-state index in [-0.39, 0.29) is 24.0 Å². The summed E-state index contributed by atoms with van der Waals surface area (Å²) in [5.41, 5.74) is 8.07. The lowest BCUT2D eigenvalue weighted by Gasteiger charge is -2.18. The molecule has 1 heterocycles. The van der Waals surface area contributed by atoms with E-state index < -0.39 is 0 Å². The predicted octanol–water partition coefficient (Wildman–Crippen LogP) is 4.34. The van der Waals surface area contributed by atoms with Crippen molar-refractivity contribution in [1.82, 2.24) is 0 Å². The summed E-state index contributed by atoms with van der Waals surface area (Å²) in [7, 11) is 3.25. The molecule has 1 atom stereocenters. The molecule has 0 bridgehead atoms. The zero-order valence-electron chi connectivity index (χ0n) is 16.0. The van der Waals surface area contributed by atoms with Gasteiger partial charge in [-0.05, 0) is 48.7 Å². The minimum absolute atomic E-state index is 0. The van der Waals surface area contributed by atoms with Crippen LogP contribution in [-0.2, 0) is 0 Å². The molecule has 3 rings (SSSR count). The second-order valence-corrected chi connectivity index (χ2v) is 7.41. The van der Waals surface area contributed by atoms with E-state index in [1.54, 1.807) is 14.2 Å². The number of hydrogen-bond donors (Lipinski definition) is 2. The van der Waals surface area contributed by atoms with Crippen LogP contribution in [0.3, 0.4) is 0 Å². The minimum atomic E-state index is 0. The quantitative estimate of drug-likeness (QED) is 0.312. The number of nitrogens with zero attached hydrogens (tertiary/aromatic N) is 2. The fourth-order valence-corrected chi connectivity index (χ4v) is 3.45. The molecule has 0 radical (unpaired) electrons. The molecule has 1 saturated heterocycles. The molecule has 1 fully saturated rings. The van der Waals surface area contributed by atoms with Crippen molar-refractivity contribution < 1.29 is 9.47 Å². The van der Waals surface area contributed by atoms with Gasteiger partial charge in [-0.2, -0.15) is 0 Å². The van der Waals surface area contributed by atoms with E-state index >= 15 is 0 Å². The molecule has 2 aromatic carbocycles. The lowest BCUT2D eigenvalue weighted by molar-refractivity contribution is 0.405. The fourth-order valence-electron chi connectivity index (χ4n) is 3.18. The van der Waals surface area contributed by atoms with Gasteiger partial charge in [0.2, 0.25) is 0 Å². The smallest absolute Gasteiger partial charge is 0.193 e. The van der Waals surface area contributed by atoms with Gasteiger partial charge in [-0.25, -0.2) is 0 Å². The van der Waals surface area contributed by atoms with Crippen molar-refractivity contribution in [2.24, 2.45) is 16.6 Å². The minimum Gasteiger partial charge on any atom is -0.497 e. The van der Waals surface area contributed by atoms with Crippen LogP contribution in [-0.4, -0.2) is 39.8 Å². The zero-order valence-corrected chi connectivity index (χ0v) is 19.9. The van der Waals surface area contributed by atoms with Crippen molar-refractivity contribution >= 4 is 57.2 Å². The molecule has 1 aliphatic heterocycles. The number of rotatable bonds is 6. The number of guanidine groups is 1. The normalized spacial score (nSPS) is 16.5. The molecule has 0 aliphatic carbocycles. The highest BCUT2D eigenvalue weighted by molar-refractivity contribution is 14.0. The summed E-state index contributed by atoms with van der Waals surface area (Å²) in [4.78, 5) is 6.92. The SMILES string of the molecule is COc1ccc(OC)c(NC(N)=NCC2CCN(c3ccc(Br)cc3)C2)c1.I. The average Bonchev–Trinajstić information content (AvgIpc) is 3.16. The zero-order chi connectivity index (χ0) is 19.2. The van der Waals surface area contributed by atoms with Crippen LogP contribution in [0.2, 0.25) is 0 Å². The van der Waals surface area contributed by atoms with Gasteiger partial charge < -0.3 is 25.4 Å². The van der Waals surface area contributed by atoms with Crippen LogP contribution >= 0.6 is 39.9 Å². The van der Waals surface area contributed by atoms with Gasteiger partial charge in [-0.3, -0.25) is 4.99 Å². The summed E-state index contributed by atoms with van der Waals surface area (Å²) < 4.78 is 11.7. The Morgan fingerprint density at radius 2 is 1.96 bits per heavy atom. The lowest BCUT2D eigenvalue weighted by Crippen LogP contribution is -2.25. The number of aliphatic imine (C=N–C) groups is 1. The Kier molecular flexibility index (Phi) is 8.68. The van der Waals surface area contributed by atoms with Crippen LogP contribution < -0.4 is 25.4 Å². The molecule has 6 nitrogen and oxygen atoms in total. The van der Waals surface area contributed by atoms with Gasteiger partial charge in [0, 0.05) is 35.9 Å². The number of anilines is 2. The molecular weight excluding hydrogens is 535 g/mol.